The third-order valence-corrected chi connectivity index (χ3v) is 3.56. The smallest absolute Gasteiger partial charge is 0.298 e. The van der Waals surface area contributed by atoms with Gasteiger partial charge in [-0.25, -0.2) is 0 Å². The van der Waals surface area contributed by atoms with Crippen LogP contribution < -0.4 is 15.6 Å². The Morgan fingerprint density at radius 3 is 2.64 bits per heavy atom. The minimum atomic E-state index is -1.56. The maximum Gasteiger partial charge on any atom is 0.298 e. The lowest BCUT2D eigenvalue weighted by Gasteiger charge is -2.40. The van der Waals surface area contributed by atoms with Crippen molar-refractivity contribution in [3.8, 4) is 6.01 Å². The van der Waals surface area contributed by atoms with Crippen molar-refractivity contribution in [1.82, 2.24) is 9.97 Å². The summed E-state index contributed by atoms with van der Waals surface area (Å²) >= 11 is 5.80. The number of ether oxygens (including phenoxy) is 2. The summed E-state index contributed by atoms with van der Waals surface area (Å²) in [7, 11) is 1.28. The van der Waals surface area contributed by atoms with Gasteiger partial charge in [-0.15, -0.1) is 0 Å². The normalized spacial score (nSPS) is 31.8. The molecule has 0 saturated carbocycles. The Morgan fingerprint density at radius 1 is 1.36 bits per heavy atom. The van der Waals surface area contributed by atoms with Crippen LogP contribution >= 0.6 is 11.6 Å². The highest BCUT2D eigenvalue weighted by molar-refractivity contribution is 6.32. The van der Waals surface area contributed by atoms with Crippen molar-refractivity contribution in [2.45, 2.75) is 30.6 Å². The zero-order valence-electron chi connectivity index (χ0n) is 11.4. The summed E-state index contributed by atoms with van der Waals surface area (Å²) in [6.45, 7) is -0.580. The van der Waals surface area contributed by atoms with E-state index in [2.05, 4.69) is 15.3 Å². The van der Waals surface area contributed by atoms with Crippen LogP contribution in [0.5, 0.6) is 6.01 Å². The first-order chi connectivity index (χ1) is 10.4. The number of aliphatic hydroxyl groups is 4. The first-order valence-electron chi connectivity index (χ1n) is 6.30. The molecule has 1 aromatic rings. The molecule has 1 aromatic heterocycles. The predicted octanol–water partition coefficient (Wildman–Crippen LogP) is -2.36. The lowest BCUT2D eigenvalue weighted by atomic mass is 9.98. The van der Waals surface area contributed by atoms with E-state index < -0.39 is 42.8 Å². The minimum Gasteiger partial charge on any atom is -0.468 e. The van der Waals surface area contributed by atoms with Gasteiger partial charge in [0.25, 0.3) is 11.6 Å². The van der Waals surface area contributed by atoms with Gasteiger partial charge in [0.15, 0.2) is 12.0 Å². The molecule has 0 bridgehead atoms. The average Bonchev–Trinajstić information content (AvgIpc) is 2.51. The number of aliphatic hydroxyl groups excluding tert-OH is 4. The molecule has 124 valence electrons. The van der Waals surface area contributed by atoms with Gasteiger partial charge in [-0.1, -0.05) is 11.6 Å². The van der Waals surface area contributed by atoms with Gasteiger partial charge in [0.1, 0.15) is 29.4 Å². The Bertz CT molecular complexity index is 581. The first kappa shape index (κ1) is 16.9. The van der Waals surface area contributed by atoms with Crippen LogP contribution in [0.25, 0.3) is 0 Å². The number of hydrogen-bond donors (Lipinski definition) is 6. The van der Waals surface area contributed by atoms with Gasteiger partial charge in [0.2, 0.25) is 0 Å². The number of aromatic nitrogens is 2. The second-order valence-electron chi connectivity index (χ2n) is 4.63. The molecular formula is C11H16ClN3O7. The highest BCUT2D eigenvalue weighted by Gasteiger charge is 2.43. The largest absolute Gasteiger partial charge is 0.468 e. The lowest BCUT2D eigenvalue weighted by molar-refractivity contribution is -0.221. The maximum absolute atomic E-state index is 11.6. The topological polar surface area (TPSA) is 157 Å². The Labute approximate surface area is 129 Å². The van der Waals surface area contributed by atoms with Crippen LogP contribution in [0.3, 0.4) is 0 Å². The van der Waals surface area contributed by atoms with Crippen molar-refractivity contribution in [3.05, 3.63) is 15.4 Å². The number of H-pyrrole nitrogens is 1. The quantitative estimate of drug-likeness (QED) is 0.353. The standard InChI is InChI=1S/C11H16ClN3O7/c1-21-11-14-8(4(12)9(20)15-11)13-10-7(19)6(18)5(17)3(2-16)22-10/h3,5-7,10,16-19H,2H2,1H3,(H2,13,14,15,20)/t3-,5+,6+,7+,10-/m0/s1. The van der Waals surface area contributed by atoms with Crippen LogP contribution in [0.2, 0.25) is 5.02 Å². The second-order valence-corrected chi connectivity index (χ2v) is 5.01. The third-order valence-electron chi connectivity index (χ3n) is 3.21. The van der Waals surface area contributed by atoms with Crippen LogP contribution in [0.15, 0.2) is 4.79 Å². The van der Waals surface area contributed by atoms with Gasteiger partial charge in [0.05, 0.1) is 13.7 Å². The number of aromatic amines is 1. The van der Waals surface area contributed by atoms with Crippen LogP contribution in [-0.4, -0.2) is 74.8 Å². The fraction of sp³-hybridized carbons (Fsp3) is 0.636. The summed E-state index contributed by atoms with van der Waals surface area (Å²) in [6.07, 6.45) is -6.95. The molecular weight excluding hydrogens is 322 g/mol. The van der Waals surface area contributed by atoms with E-state index in [4.69, 9.17) is 26.2 Å². The van der Waals surface area contributed by atoms with Gasteiger partial charge < -0.3 is 35.2 Å². The van der Waals surface area contributed by atoms with E-state index in [0.717, 1.165) is 0 Å². The van der Waals surface area contributed by atoms with Crippen LogP contribution in [0.1, 0.15) is 0 Å². The van der Waals surface area contributed by atoms with Crippen molar-refractivity contribution in [2.24, 2.45) is 0 Å². The molecule has 6 N–H and O–H groups in total. The van der Waals surface area contributed by atoms with Crippen LogP contribution in [-0.2, 0) is 4.74 Å². The summed E-state index contributed by atoms with van der Waals surface area (Å²) < 4.78 is 10.0. The van der Waals surface area contributed by atoms with E-state index in [0.29, 0.717) is 0 Å². The van der Waals surface area contributed by atoms with E-state index >= 15 is 0 Å². The molecule has 0 amide bonds. The van der Waals surface area contributed by atoms with Gasteiger partial charge in [-0.3, -0.25) is 9.78 Å². The van der Waals surface area contributed by atoms with Gasteiger partial charge in [-0.05, 0) is 0 Å². The molecule has 0 unspecified atom stereocenters. The number of rotatable bonds is 4. The molecule has 1 aliphatic heterocycles. The number of methoxy groups -OCH3 is 1. The SMILES string of the molecule is COc1nc(N[C@H]2O[C@@H](CO)[C@@H](O)[C@@H](O)[C@H]2O)c(Cl)c(=O)[nH]1. The molecule has 1 fully saturated rings. The van der Waals surface area contributed by atoms with Crippen molar-refractivity contribution in [2.75, 3.05) is 19.0 Å². The number of hydrogen-bond acceptors (Lipinski definition) is 9. The predicted molar refractivity (Wildman–Crippen MR) is 73.8 cm³/mol. The monoisotopic (exact) mass is 337 g/mol. The van der Waals surface area contributed by atoms with E-state index in [1.54, 1.807) is 0 Å². The van der Waals surface area contributed by atoms with E-state index in [9.17, 15) is 20.1 Å². The zero-order valence-corrected chi connectivity index (χ0v) is 12.2. The van der Waals surface area contributed by atoms with Gasteiger partial charge >= 0.3 is 0 Å². The summed E-state index contributed by atoms with van der Waals surface area (Å²) in [5.74, 6) is -0.147. The number of anilines is 1. The number of nitrogens with zero attached hydrogens (tertiary/aromatic N) is 1. The van der Waals surface area contributed by atoms with Crippen molar-refractivity contribution < 1.29 is 29.9 Å². The van der Waals surface area contributed by atoms with Crippen LogP contribution in [0, 0.1) is 0 Å². The lowest BCUT2D eigenvalue weighted by Crippen LogP contribution is -2.60. The molecule has 2 heterocycles. The van der Waals surface area contributed by atoms with Crippen molar-refractivity contribution in [3.63, 3.8) is 0 Å². The highest BCUT2D eigenvalue weighted by Crippen LogP contribution is 2.24. The minimum absolute atomic E-state index is 0.124. The molecule has 0 radical (unpaired) electrons. The Kier molecular flexibility index (Phi) is 5.21. The summed E-state index contributed by atoms with van der Waals surface area (Å²) in [6, 6.07) is -0.124. The number of nitrogens with one attached hydrogen (secondary N) is 2. The average molecular weight is 338 g/mol. The summed E-state index contributed by atoms with van der Waals surface area (Å²) in [4.78, 5) is 17.7. The first-order valence-corrected chi connectivity index (χ1v) is 6.67. The van der Waals surface area contributed by atoms with Crippen LogP contribution in [0.4, 0.5) is 5.82 Å². The highest BCUT2D eigenvalue weighted by atomic mass is 35.5. The molecule has 5 atom stereocenters. The molecule has 1 aliphatic rings. The summed E-state index contributed by atoms with van der Waals surface area (Å²) in [5, 5.41) is 40.6. The Hall–Kier alpha value is -1.43. The molecule has 1 saturated heterocycles. The number of halogens is 1. The Balaban J connectivity index is 2.26. The summed E-state index contributed by atoms with van der Waals surface area (Å²) in [5.41, 5.74) is -0.680. The Morgan fingerprint density at radius 2 is 2.05 bits per heavy atom. The molecule has 10 nitrogen and oxygen atoms in total. The van der Waals surface area contributed by atoms with Gasteiger partial charge in [0, 0.05) is 0 Å². The molecule has 0 spiro atoms. The fourth-order valence-corrected chi connectivity index (χ4v) is 2.13. The maximum atomic E-state index is 11.6. The molecule has 0 aliphatic carbocycles. The van der Waals surface area contributed by atoms with E-state index in [-0.39, 0.29) is 16.9 Å². The molecule has 11 heteroatoms. The molecule has 0 aromatic carbocycles. The zero-order chi connectivity index (χ0) is 16.4. The van der Waals surface area contributed by atoms with Crippen molar-refractivity contribution >= 4 is 17.4 Å². The fourth-order valence-electron chi connectivity index (χ4n) is 1.99. The van der Waals surface area contributed by atoms with Crippen molar-refractivity contribution in [1.29, 1.82) is 0 Å². The molecule has 22 heavy (non-hydrogen) atoms. The molecule has 2 rings (SSSR count). The van der Waals surface area contributed by atoms with E-state index in [1.807, 2.05) is 0 Å². The second kappa shape index (κ2) is 6.77. The third kappa shape index (κ3) is 3.16. The van der Waals surface area contributed by atoms with E-state index in [1.165, 1.54) is 7.11 Å². The van der Waals surface area contributed by atoms with Gasteiger partial charge in [-0.2, -0.15) is 4.98 Å².